The summed E-state index contributed by atoms with van der Waals surface area (Å²) in [6.07, 6.45) is 3.66. The minimum absolute atomic E-state index is 0.181. The number of nitrogens with one attached hydrogen (secondary N) is 2. The molecule has 0 aliphatic carbocycles. The minimum atomic E-state index is 0.181. The second kappa shape index (κ2) is 7.08. The average molecular weight is 271 g/mol. The van der Waals surface area contributed by atoms with Gasteiger partial charge in [0.15, 0.2) is 0 Å². The number of hydrogen-bond donors (Lipinski definition) is 2. The molecular formula is C17H38N2. The summed E-state index contributed by atoms with van der Waals surface area (Å²) in [7, 11) is 0. The van der Waals surface area contributed by atoms with Gasteiger partial charge in [0.05, 0.1) is 0 Å². The van der Waals surface area contributed by atoms with E-state index in [0.717, 1.165) is 6.54 Å². The van der Waals surface area contributed by atoms with Crippen LogP contribution in [0, 0.1) is 5.41 Å². The SMILES string of the molecule is CCC(CCC(C)(C)C)(CNC(C)(C)C)NC(C)C. The highest BCUT2D eigenvalue weighted by molar-refractivity contribution is 4.93. The Labute approximate surface area is 122 Å². The fourth-order valence-electron chi connectivity index (χ4n) is 2.28. The quantitative estimate of drug-likeness (QED) is 0.719. The average Bonchev–Trinajstić information content (AvgIpc) is 2.19. The van der Waals surface area contributed by atoms with E-state index in [2.05, 4.69) is 72.9 Å². The van der Waals surface area contributed by atoms with E-state index in [-0.39, 0.29) is 11.1 Å². The molecule has 0 aliphatic rings. The summed E-state index contributed by atoms with van der Waals surface area (Å²) < 4.78 is 0. The summed E-state index contributed by atoms with van der Waals surface area (Å²) in [5, 5.41) is 7.52. The maximum atomic E-state index is 3.83. The molecule has 0 radical (unpaired) electrons. The van der Waals surface area contributed by atoms with Crippen molar-refractivity contribution in [1.82, 2.24) is 10.6 Å². The van der Waals surface area contributed by atoms with Gasteiger partial charge in [-0.2, -0.15) is 0 Å². The van der Waals surface area contributed by atoms with Crippen LogP contribution in [0.25, 0.3) is 0 Å². The zero-order chi connectivity index (χ0) is 15.3. The molecule has 0 aromatic carbocycles. The summed E-state index contributed by atoms with van der Waals surface area (Å²) >= 11 is 0. The standard InChI is InChI=1S/C17H38N2/c1-10-17(19-14(2)3,12-11-15(4,5)6)13-18-16(7,8)9/h14,18-19H,10-13H2,1-9H3. The Hall–Kier alpha value is -0.0800. The summed E-state index contributed by atoms with van der Waals surface area (Å²) in [5.74, 6) is 0. The molecule has 0 amide bonds. The Kier molecular flexibility index (Phi) is 7.05. The molecule has 2 heteroatoms. The van der Waals surface area contributed by atoms with Gasteiger partial charge in [-0.05, 0) is 45.4 Å². The first-order valence-corrected chi connectivity index (χ1v) is 7.92. The van der Waals surface area contributed by atoms with Crippen molar-refractivity contribution >= 4 is 0 Å². The van der Waals surface area contributed by atoms with Crippen LogP contribution in [-0.2, 0) is 0 Å². The Bertz CT molecular complexity index is 225. The van der Waals surface area contributed by atoms with Gasteiger partial charge in [0.25, 0.3) is 0 Å². The van der Waals surface area contributed by atoms with E-state index in [1.807, 2.05) is 0 Å². The molecule has 0 heterocycles. The van der Waals surface area contributed by atoms with Crippen LogP contribution in [0.1, 0.15) is 81.6 Å². The molecular weight excluding hydrogens is 232 g/mol. The van der Waals surface area contributed by atoms with Crippen LogP contribution in [0.15, 0.2) is 0 Å². The first-order valence-electron chi connectivity index (χ1n) is 7.92. The van der Waals surface area contributed by atoms with Crippen LogP contribution in [0.4, 0.5) is 0 Å². The maximum absolute atomic E-state index is 3.83. The van der Waals surface area contributed by atoms with Crippen LogP contribution in [0.3, 0.4) is 0 Å². The molecule has 0 aromatic rings. The Morgan fingerprint density at radius 1 is 0.895 bits per heavy atom. The van der Waals surface area contributed by atoms with Crippen LogP contribution in [0.5, 0.6) is 0 Å². The topological polar surface area (TPSA) is 24.1 Å². The van der Waals surface area contributed by atoms with Crippen molar-refractivity contribution < 1.29 is 0 Å². The molecule has 0 saturated heterocycles. The highest BCUT2D eigenvalue weighted by atomic mass is 15.1. The van der Waals surface area contributed by atoms with Crippen LogP contribution in [-0.4, -0.2) is 23.7 Å². The summed E-state index contributed by atoms with van der Waals surface area (Å²) in [6, 6.07) is 0.529. The normalized spacial score (nSPS) is 16.7. The Morgan fingerprint density at radius 2 is 1.42 bits per heavy atom. The summed E-state index contributed by atoms with van der Waals surface area (Å²) in [5.41, 5.74) is 0.802. The highest BCUT2D eigenvalue weighted by Crippen LogP contribution is 2.28. The van der Waals surface area contributed by atoms with Crippen LogP contribution >= 0.6 is 0 Å². The highest BCUT2D eigenvalue weighted by Gasteiger charge is 2.31. The van der Waals surface area contributed by atoms with Gasteiger partial charge in [-0.1, -0.05) is 41.5 Å². The molecule has 0 spiro atoms. The monoisotopic (exact) mass is 270 g/mol. The summed E-state index contributed by atoms with van der Waals surface area (Å²) in [6.45, 7) is 21.6. The Morgan fingerprint density at radius 3 is 1.74 bits per heavy atom. The summed E-state index contributed by atoms with van der Waals surface area (Å²) in [4.78, 5) is 0. The lowest BCUT2D eigenvalue weighted by Crippen LogP contribution is -2.57. The molecule has 1 unspecified atom stereocenters. The Balaban J connectivity index is 4.77. The van der Waals surface area contributed by atoms with Crippen molar-refractivity contribution in [2.24, 2.45) is 5.41 Å². The molecule has 0 aromatic heterocycles. The fourth-order valence-corrected chi connectivity index (χ4v) is 2.28. The molecule has 2 N–H and O–H groups in total. The maximum Gasteiger partial charge on any atom is 0.0306 e. The number of hydrogen-bond acceptors (Lipinski definition) is 2. The van der Waals surface area contributed by atoms with Crippen molar-refractivity contribution in [3.05, 3.63) is 0 Å². The van der Waals surface area contributed by atoms with Gasteiger partial charge in [-0.25, -0.2) is 0 Å². The lowest BCUT2D eigenvalue weighted by Gasteiger charge is -2.40. The zero-order valence-corrected chi connectivity index (χ0v) is 14.9. The predicted octanol–water partition coefficient (Wildman–Crippen LogP) is 4.35. The van der Waals surface area contributed by atoms with Gasteiger partial charge in [0.1, 0.15) is 0 Å². The van der Waals surface area contributed by atoms with Gasteiger partial charge in [0.2, 0.25) is 0 Å². The smallest absolute Gasteiger partial charge is 0.0306 e. The third kappa shape index (κ3) is 9.45. The minimum Gasteiger partial charge on any atom is -0.310 e. The van der Waals surface area contributed by atoms with Gasteiger partial charge < -0.3 is 10.6 Å². The van der Waals surface area contributed by atoms with E-state index >= 15 is 0 Å². The lowest BCUT2D eigenvalue weighted by atomic mass is 9.81. The van der Waals surface area contributed by atoms with Crippen molar-refractivity contribution in [3.8, 4) is 0 Å². The first-order chi connectivity index (χ1) is 8.39. The molecule has 19 heavy (non-hydrogen) atoms. The van der Waals surface area contributed by atoms with Crippen LogP contribution in [0.2, 0.25) is 0 Å². The predicted molar refractivity (Wildman–Crippen MR) is 87.7 cm³/mol. The van der Waals surface area contributed by atoms with Gasteiger partial charge >= 0.3 is 0 Å². The number of rotatable bonds is 7. The first kappa shape index (κ1) is 18.9. The molecule has 116 valence electrons. The zero-order valence-electron chi connectivity index (χ0n) is 14.9. The van der Waals surface area contributed by atoms with Crippen molar-refractivity contribution in [2.45, 2.75) is 98.7 Å². The molecule has 0 aliphatic heterocycles. The van der Waals surface area contributed by atoms with Crippen molar-refractivity contribution in [3.63, 3.8) is 0 Å². The molecule has 0 fully saturated rings. The van der Waals surface area contributed by atoms with Crippen LogP contribution < -0.4 is 10.6 Å². The van der Waals surface area contributed by atoms with Crippen molar-refractivity contribution in [2.75, 3.05) is 6.54 Å². The van der Waals surface area contributed by atoms with Crippen molar-refractivity contribution in [1.29, 1.82) is 0 Å². The largest absolute Gasteiger partial charge is 0.310 e. The lowest BCUT2D eigenvalue weighted by molar-refractivity contribution is 0.202. The van der Waals surface area contributed by atoms with E-state index in [4.69, 9.17) is 0 Å². The molecule has 0 saturated carbocycles. The molecule has 1 atom stereocenters. The van der Waals surface area contributed by atoms with Gasteiger partial charge in [-0.15, -0.1) is 0 Å². The van der Waals surface area contributed by atoms with E-state index in [0.29, 0.717) is 11.5 Å². The molecule has 0 rings (SSSR count). The second-order valence-electron chi connectivity index (χ2n) is 8.60. The van der Waals surface area contributed by atoms with E-state index in [1.54, 1.807) is 0 Å². The van der Waals surface area contributed by atoms with Gasteiger partial charge in [0, 0.05) is 23.7 Å². The van der Waals surface area contributed by atoms with E-state index in [1.165, 1.54) is 19.3 Å². The van der Waals surface area contributed by atoms with Gasteiger partial charge in [-0.3, -0.25) is 0 Å². The molecule has 2 nitrogen and oxygen atoms in total. The third-order valence-corrected chi connectivity index (χ3v) is 3.58. The fraction of sp³-hybridized carbons (Fsp3) is 1.00. The second-order valence-corrected chi connectivity index (χ2v) is 8.60. The van der Waals surface area contributed by atoms with E-state index in [9.17, 15) is 0 Å². The molecule has 0 bridgehead atoms. The third-order valence-electron chi connectivity index (χ3n) is 3.58. The van der Waals surface area contributed by atoms with E-state index < -0.39 is 0 Å².